The zero-order valence-electron chi connectivity index (χ0n) is 76.1. The third kappa shape index (κ3) is 17.2. The molecule has 0 saturated carbocycles. The van der Waals surface area contributed by atoms with E-state index in [2.05, 4.69) is 0 Å². The zero-order valence-corrected chi connectivity index (χ0v) is 77.0. The summed E-state index contributed by atoms with van der Waals surface area (Å²) >= 11 is 0. The molecule has 15 rings (SSSR count). The highest BCUT2D eigenvalue weighted by atomic mass is 31.2. The molecule has 9 aromatic carbocycles. The molecule has 29 heteroatoms. The monoisotopic (exact) mass is 1830 g/mol. The van der Waals surface area contributed by atoms with Crippen molar-refractivity contribution in [2.24, 2.45) is 47.5 Å². The smallest absolute Gasteiger partial charge is 0.476 e. The van der Waals surface area contributed by atoms with Crippen molar-refractivity contribution in [2.45, 2.75) is 215 Å². The van der Waals surface area contributed by atoms with Crippen LogP contribution in [0.3, 0.4) is 0 Å². The van der Waals surface area contributed by atoms with E-state index in [4.69, 9.17) is 70.2 Å². The normalized spacial score (nSPS) is 18.6. The molecule has 6 heterocycles. The maximum Gasteiger partial charge on any atom is 0.476 e. The van der Waals surface area contributed by atoms with Gasteiger partial charge in [0.25, 0.3) is 0 Å². The number of phosphoric acid groups is 1. The minimum Gasteiger partial charge on any atom is -0.481 e. The average Bonchev–Trinajstić information content (AvgIpc) is 1.57. The predicted octanol–water partition coefficient (Wildman–Crippen LogP) is 27.1. The Morgan fingerprint density at radius 1 is 0.305 bits per heavy atom. The third-order valence-electron chi connectivity index (χ3n) is 25.9. The molecular formula is C102H105F9N3O16P. The molecule has 3 aliphatic heterocycles. The van der Waals surface area contributed by atoms with Crippen molar-refractivity contribution in [1.29, 1.82) is 0 Å². The van der Waals surface area contributed by atoms with E-state index in [1.807, 2.05) is 125 Å². The first kappa shape index (κ1) is 94.3. The Bertz CT molecular complexity index is 6110. The SMILES string of the molecule is CC(C)(C)C(OP(=O)(OC(C(C)(C)C)(C(C)(C)C)C1(CCc2ccc3c(=O)c4cc(Oc5cccc(C(F)(F)F)c5)ccc4oc3c2)COC=N1)OC(C(C)(C)C)(C(C)(C)C)C1(CCc2ccc3c(=O)c4cc(Oc5cccc(C(F)(F)F)c5)ccc4oc3c2)COC=N1)(C(C)(C)C)C1(CCc2ccc3c(=O)c4cc(Oc5cccc(C(F)(F)F)c5)ccc4oc3c2)COC=N1. The Morgan fingerprint density at radius 3 is 0.771 bits per heavy atom. The number of ether oxygens (including phenoxy) is 6. The first-order chi connectivity index (χ1) is 61.0. The molecule has 0 fully saturated rings. The van der Waals surface area contributed by atoms with E-state index in [-0.39, 0.29) is 159 Å². The molecule has 0 aliphatic carbocycles. The maximum atomic E-state index is 19.6. The van der Waals surface area contributed by atoms with E-state index < -0.39 is 125 Å². The number of hydrogen-bond acceptors (Lipinski definition) is 19. The summed E-state index contributed by atoms with van der Waals surface area (Å²) in [5.74, 6) is 0.0293. The van der Waals surface area contributed by atoms with Crippen molar-refractivity contribution < 1.29 is 99.3 Å². The number of fused-ring (bicyclic) bond motifs is 6. The van der Waals surface area contributed by atoms with E-state index in [1.54, 1.807) is 54.6 Å². The van der Waals surface area contributed by atoms with E-state index in [0.717, 1.165) is 36.4 Å². The van der Waals surface area contributed by atoms with Crippen LogP contribution in [0.25, 0.3) is 65.8 Å². The van der Waals surface area contributed by atoms with E-state index in [0.29, 0.717) is 16.7 Å². The second-order valence-electron chi connectivity index (χ2n) is 40.6. The molecule has 0 N–H and O–H groups in total. The number of rotatable bonds is 24. The van der Waals surface area contributed by atoms with Crippen LogP contribution in [-0.4, -0.2) is 72.4 Å². The number of phosphoric ester groups is 1. The van der Waals surface area contributed by atoms with Crippen LogP contribution in [0, 0.1) is 32.5 Å². The summed E-state index contributed by atoms with van der Waals surface area (Å²) in [6, 6.07) is 42.1. The predicted molar refractivity (Wildman–Crippen MR) is 487 cm³/mol. The summed E-state index contributed by atoms with van der Waals surface area (Å²) in [4.78, 5) is 60.1. The number of aryl methyl sites for hydroxylation is 3. The van der Waals surface area contributed by atoms with Gasteiger partial charge in [0.1, 0.15) is 121 Å². The summed E-state index contributed by atoms with van der Waals surface area (Å²) in [7, 11) is -5.72. The molecule has 12 aromatic rings. The summed E-state index contributed by atoms with van der Waals surface area (Å²) in [5.41, 5.74) is -18.0. The lowest BCUT2D eigenvalue weighted by Gasteiger charge is -2.65. The minimum absolute atomic E-state index is 0.0916. The summed E-state index contributed by atoms with van der Waals surface area (Å²) in [6.07, 6.45) is -8.84. The van der Waals surface area contributed by atoms with E-state index in [1.165, 1.54) is 110 Å². The van der Waals surface area contributed by atoms with Gasteiger partial charge in [0, 0.05) is 0 Å². The standard InChI is InChI=1S/C102H105F9N3O16P/c1-88(2,3)100(89(4,5)6,94(55-119-58-112-94)43-40-61-28-34-73-82(46-61)125-79-37-31-70(52-76(79)85(73)115)122-67-25-19-22-64(49-67)97(103,104)105)128-131(118,129-101(90(7,8)9,91(10,11)12)95(56-120-59-113-95)44-41-62-29-35-74-83(47-62)126-80-38-32-71(53-77(80)86(74)116)123-68-26-20-23-65(50-68)98(106,107)108)130-102(92(13,14)15,93(16,17)18)96(57-121-60-114-96)45-42-63-30-36-75-84(48-63)127-81-39-33-72(54-78(81)87(75)117)124-69-27-21-24-66(51-69)99(109,110)111/h19-39,46-54,58-60H,40-45,55-57H2,1-18H3. The highest BCUT2D eigenvalue weighted by molar-refractivity contribution is 7.48. The zero-order chi connectivity index (χ0) is 94.9. The van der Waals surface area contributed by atoms with Crippen LogP contribution < -0.4 is 30.5 Å². The molecule has 0 saturated heterocycles. The number of aliphatic imine (C=N–C) groups is 3. The number of alkyl halides is 9. The number of nitrogens with zero attached hydrogens (tertiary/aromatic N) is 3. The third-order valence-corrected chi connectivity index (χ3v) is 27.4. The molecule has 3 unspecified atom stereocenters. The van der Waals surface area contributed by atoms with Gasteiger partial charge in [-0.25, -0.2) is 19.5 Å². The maximum absolute atomic E-state index is 19.6. The molecule has 0 amide bonds. The van der Waals surface area contributed by atoms with Gasteiger partial charge in [0.2, 0.25) is 16.3 Å². The molecule has 3 aliphatic rings. The van der Waals surface area contributed by atoms with Crippen molar-refractivity contribution in [3.63, 3.8) is 0 Å². The van der Waals surface area contributed by atoms with Crippen molar-refractivity contribution in [3.8, 4) is 34.5 Å². The van der Waals surface area contributed by atoms with E-state index >= 15 is 4.57 Å². The van der Waals surface area contributed by atoms with Gasteiger partial charge < -0.3 is 41.7 Å². The van der Waals surface area contributed by atoms with Crippen LogP contribution in [0.1, 0.15) is 177 Å². The van der Waals surface area contributed by atoms with Crippen LogP contribution in [0.2, 0.25) is 0 Å². The van der Waals surface area contributed by atoms with Gasteiger partial charge in [-0.05, 0) is 233 Å². The Hall–Kier alpha value is -11.3. The molecule has 0 radical (unpaired) electrons. The summed E-state index contributed by atoms with van der Waals surface area (Å²) in [5, 5.41) is 0.966. The fourth-order valence-electron chi connectivity index (χ4n) is 21.7. The first-order valence-corrected chi connectivity index (χ1v) is 44.7. The van der Waals surface area contributed by atoms with Gasteiger partial charge in [-0.1, -0.05) is 161 Å². The number of benzene rings is 9. The van der Waals surface area contributed by atoms with Gasteiger partial charge >= 0.3 is 26.4 Å². The second kappa shape index (κ2) is 33.1. The highest BCUT2D eigenvalue weighted by Crippen LogP contribution is 2.75. The largest absolute Gasteiger partial charge is 0.481 e. The summed E-state index contributed by atoms with van der Waals surface area (Å²) in [6.45, 7) is 35.2. The second-order valence-corrected chi connectivity index (χ2v) is 42.1. The van der Waals surface area contributed by atoms with Gasteiger partial charge in [0.15, 0.2) is 19.2 Å². The minimum atomic E-state index is -5.72. The molecule has 131 heavy (non-hydrogen) atoms. The van der Waals surface area contributed by atoms with Crippen LogP contribution in [0.5, 0.6) is 34.5 Å². The molecule has 3 aromatic heterocycles. The van der Waals surface area contributed by atoms with Gasteiger partial charge in [0.05, 0.1) is 49.0 Å². The molecule has 0 spiro atoms. The van der Waals surface area contributed by atoms with Crippen LogP contribution >= 0.6 is 7.82 Å². The van der Waals surface area contributed by atoms with Gasteiger partial charge in [-0.3, -0.25) is 28.0 Å². The van der Waals surface area contributed by atoms with Gasteiger partial charge in [-0.2, -0.15) is 39.5 Å². The van der Waals surface area contributed by atoms with Crippen LogP contribution in [-0.2, 0) is 70.1 Å². The Morgan fingerprint density at radius 2 is 0.550 bits per heavy atom. The van der Waals surface area contributed by atoms with Crippen molar-refractivity contribution in [3.05, 3.63) is 246 Å². The van der Waals surface area contributed by atoms with Crippen LogP contribution in [0.15, 0.2) is 225 Å². The Balaban J connectivity index is 0.848. The summed E-state index contributed by atoms with van der Waals surface area (Å²) < 4.78 is 225. The first-order valence-electron chi connectivity index (χ1n) is 43.2. The lowest BCUT2D eigenvalue weighted by atomic mass is 9.53. The van der Waals surface area contributed by atoms with Gasteiger partial charge in [-0.15, -0.1) is 0 Å². The quantitative estimate of drug-likeness (QED) is 0.0311. The lowest BCUT2D eigenvalue weighted by Crippen LogP contribution is -2.73. The van der Waals surface area contributed by atoms with Crippen molar-refractivity contribution in [1.82, 2.24) is 0 Å². The Kier molecular flexibility index (Phi) is 23.9. The Labute approximate surface area is 751 Å². The van der Waals surface area contributed by atoms with Crippen molar-refractivity contribution >= 4 is 92.8 Å². The average molecular weight is 1830 g/mol. The molecule has 0 bridgehead atoms. The highest BCUT2D eigenvalue weighted by Gasteiger charge is 2.77. The fourth-order valence-corrected chi connectivity index (χ4v) is 25.0. The number of hydrogen-bond donors (Lipinski definition) is 0. The molecule has 692 valence electrons. The fraction of sp³-hybridized carbons (Fsp3) is 0.412. The van der Waals surface area contributed by atoms with Crippen molar-refractivity contribution in [2.75, 3.05) is 19.8 Å². The molecular weight excluding hydrogens is 1730 g/mol. The van der Waals surface area contributed by atoms with Crippen LogP contribution in [0.4, 0.5) is 39.5 Å². The molecule has 3 atom stereocenters. The topological polar surface area (TPSA) is 228 Å². The van der Waals surface area contributed by atoms with E-state index in [9.17, 15) is 53.9 Å². The molecule has 19 nitrogen and oxygen atoms in total. The lowest BCUT2D eigenvalue weighted by molar-refractivity contribution is -0.244. The number of halogens is 9.